The standard InChI is InChI=1S/C15H20FNO2/c1-11-8-12(2-3-14(11)16)17-13-4-6-19-15(9-13)5-7-18-10-15/h2-3,8,13,17H,4-7,9-10H2,1H3. The third kappa shape index (κ3) is 2.74. The fraction of sp³-hybridized carbons (Fsp3) is 0.600. The summed E-state index contributed by atoms with van der Waals surface area (Å²) < 4.78 is 24.6. The van der Waals surface area contributed by atoms with E-state index in [1.165, 1.54) is 6.07 Å². The van der Waals surface area contributed by atoms with E-state index in [4.69, 9.17) is 9.47 Å². The van der Waals surface area contributed by atoms with E-state index in [-0.39, 0.29) is 11.4 Å². The number of nitrogens with one attached hydrogen (secondary N) is 1. The summed E-state index contributed by atoms with van der Waals surface area (Å²) in [6.45, 7) is 4.05. The fourth-order valence-corrected chi connectivity index (χ4v) is 2.98. The molecule has 2 aliphatic heterocycles. The number of hydrogen-bond donors (Lipinski definition) is 1. The molecule has 2 saturated heterocycles. The molecule has 3 nitrogen and oxygen atoms in total. The summed E-state index contributed by atoms with van der Waals surface area (Å²) in [5.74, 6) is -0.154. The van der Waals surface area contributed by atoms with Gasteiger partial charge in [-0.1, -0.05) is 0 Å². The fourth-order valence-electron chi connectivity index (χ4n) is 2.98. The highest BCUT2D eigenvalue weighted by Crippen LogP contribution is 2.34. The van der Waals surface area contributed by atoms with Gasteiger partial charge in [0.2, 0.25) is 0 Å². The molecule has 1 aromatic carbocycles. The van der Waals surface area contributed by atoms with E-state index >= 15 is 0 Å². The molecule has 0 aromatic heterocycles. The molecular formula is C15H20FNO2. The van der Waals surface area contributed by atoms with E-state index in [0.717, 1.165) is 38.2 Å². The average molecular weight is 265 g/mol. The first kappa shape index (κ1) is 12.9. The predicted molar refractivity (Wildman–Crippen MR) is 71.9 cm³/mol. The molecule has 2 atom stereocenters. The van der Waals surface area contributed by atoms with Crippen LogP contribution in [0.3, 0.4) is 0 Å². The second-order valence-corrected chi connectivity index (χ2v) is 5.63. The van der Waals surface area contributed by atoms with Gasteiger partial charge in [0.05, 0.1) is 12.2 Å². The van der Waals surface area contributed by atoms with Crippen LogP contribution in [0.2, 0.25) is 0 Å². The van der Waals surface area contributed by atoms with Gasteiger partial charge in [-0.25, -0.2) is 4.39 Å². The average Bonchev–Trinajstić information content (AvgIpc) is 2.82. The Kier molecular flexibility index (Phi) is 3.46. The van der Waals surface area contributed by atoms with Crippen molar-refractivity contribution in [3.8, 4) is 0 Å². The first-order chi connectivity index (χ1) is 9.17. The maximum absolute atomic E-state index is 13.3. The summed E-state index contributed by atoms with van der Waals surface area (Å²) in [5, 5.41) is 3.50. The minimum atomic E-state index is -0.154. The maximum atomic E-state index is 13.3. The van der Waals surface area contributed by atoms with Crippen LogP contribution in [0, 0.1) is 12.7 Å². The minimum absolute atomic E-state index is 0.0923. The van der Waals surface area contributed by atoms with Crippen LogP contribution in [-0.4, -0.2) is 31.5 Å². The highest BCUT2D eigenvalue weighted by molar-refractivity contribution is 5.46. The van der Waals surface area contributed by atoms with Crippen molar-refractivity contribution < 1.29 is 13.9 Å². The van der Waals surface area contributed by atoms with E-state index in [1.54, 1.807) is 13.0 Å². The Morgan fingerprint density at radius 3 is 3.00 bits per heavy atom. The molecule has 1 aromatic rings. The van der Waals surface area contributed by atoms with Crippen molar-refractivity contribution in [2.75, 3.05) is 25.1 Å². The highest BCUT2D eigenvalue weighted by atomic mass is 19.1. The molecule has 1 N–H and O–H groups in total. The monoisotopic (exact) mass is 265 g/mol. The molecule has 0 radical (unpaired) electrons. The van der Waals surface area contributed by atoms with Crippen LogP contribution >= 0.6 is 0 Å². The number of hydrogen-bond acceptors (Lipinski definition) is 3. The summed E-state index contributed by atoms with van der Waals surface area (Å²) in [7, 11) is 0. The van der Waals surface area contributed by atoms with Crippen molar-refractivity contribution in [1.82, 2.24) is 0 Å². The molecule has 2 heterocycles. The summed E-state index contributed by atoms with van der Waals surface area (Å²) in [6, 6.07) is 5.56. The van der Waals surface area contributed by atoms with Crippen molar-refractivity contribution >= 4 is 5.69 Å². The minimum Gasteiger partial charge on any atom is -0.382 e. The summed E-state index contributed by atoms with van der Waals surface area (Å²) in [5.41, 5.74) is 1.57. The van der Waals surface area contributed by atoms with E-state index in [2.05, 4.69) is 5.32 Å². The molecule has 3 rings (SSSR count). The molecule has 4 heteroatoms. The molecule has 104 valence electrons. The summed E-state index contributed by atoms with van der Waals surface area (Å²) >= 11 is 0. The van der Waals surface area contributed by atoms with E-state index in [0.29, 0.717) is 18.2 Å². The van der Waals surface area contributed by atoms with Gasteiger partial charge in [-0.2, -0.15) is 0 Å². The first-order valence-electron chi connectivity index (χ1n) is 6.91. The number of halogens is 1. The van der Waals surface area contributed by atoms with Crippen LogP contribution in [0.25, 0.3) is 0 Å². The molecule has 0 aliphatic carbocycles. The number of rotatable bonds is 2. The van der Waals surface area contributed by atoms with Crippen molar-refractivity contribution in [2.24, 2.45) is 0 Å². The van der Waals surface area contributed by atoms with Gasteiger partial charge in [0.1, 0.15) is 5.82 Å². The SMILES string of the molecule is Cc1cc(NC2CCOC3(CCOC3)C2)ccc1F. The normalized spacial score (nSPS) is 30.7. The third-order valence-electron chi connectivity index (χ3n) is 4.09. The lowest BCUT2D eigenvalue weighted by Crippen LogP contribution is -2.44. The van der Waals surface area contributed by atoms with Crippen molar-refractivity contribution in [1.29, 1.82) is 0 Å². The van der Waals surface area contributed by atoms with Gasteiger partial charge in [0.25, 0.3) is 0 Å². The van der Waals surface area contributed by atoms with Crippen LogP contribution < -0.4 is 5.32 Å². The number of anilines is 1. The molecule has 0 saturated carbocycles. The molecular weight excluding hydrogens is 245 g/mol. The molecule has 2 unspecified atom stereocenters. The van der Waals surface area contributed by atoms with E-state index < -0.39 is 0 Å². The molecule has 2 aliphatic rings. The molecule has 2 fully saturated rings. The van der Waals surface area contributed by atoms with Crippen LogP contribution in [0.5, 0.6) is 0 Å². The van der Waals surface area contributed by atoms with Crippen molar-refractivity contribution in [3.63, 3.8) is 0 Å². The first-order valence-corrected chi connectivity index (χ1v) is 6.91. The quantitative estimate of drug-likeness (QED) is 0.892. The summed E-state index contributed by atoms with van der Waals surface area (Å²) in [6.07, 6.45) is 2.93. The number of benzene rings is 1. The van der Waals surface area contributed by atoms with Crippen LogP contribution in [-0.2, 0) is 9.47 Å². The zero-order valence-electron chi connectivity index (χ0n) is 11.2. The smallest absolute Gasteiger partial charge is 0.126 e. The second-order valence-electron chi connectivity index (χ2n) is 5.63. The van der Waals surface area contributed by atoms with Crippen LogP contribution in [0.4, 0.5) is 10.1 Å². The van der Waals surface area contributed by atoms with Gasteiger partial charge in [-0.15, -0.1) is 0 Å². The Morgan fingerprint density at radius 1 is 1.37 bits per heavy atom. The zero-order chi connectivity index (χ0) is 13.3. The number of ether oxygens (including phenoxy) is 2. The van der Waals surface area contributed by atoms with Gasteiger partial charge < -0.3 is 14.8 Å². The largest absolute Gasteiger partial charge is 0.382 e. The Hall–Kier alpha value is -1.13. The topological polar surface area (TPSA) is 30.5 Å². The number of aryl methyl sites for hydroxylation is 1. The lowest BCUT2D eigenvalue weighted by atomic mass is 9.89. The third-order valence-corrected chi connectivity index (χ3v) is 4.09. The molecule has 1 spiro atoms. The molecule has 0 amide bonds. The Morgan fingerprint density at radius 2 is 2.26 bits per heavy atom. The molecule has 19 heavy (non-hydrogen) atoms. The lowest BCUT2D eigenvalue weighted by Gasteiger charge is -2.37. The lowest BCUT2D eigenvalue weighted by molar-refractivity contribution is -0.0828. The van der Waals surface area contributed by atoms with Gasteiger partial charge in [0.15, 0.2) is 0 Å². The maximum Gasteiger partial charge on any atom is 0.126 e. The van der Waals surface area contributed by atoms with Crippen LogP contribution in [0.1, 0.15) is 24.8 Å². The van der Waals surface area contributed by atoms with E-state index in [1.807, 2.05) is 6.07 Å². The van der Waals surface area contributed by atoms with Gasteiger partial charge in [-0.3, -0.25) is 0 Å². The van der Waals surface area contributed by atoms with Gasteiger partial charge in [0, 0.05) is 31.4 Å². The predicted octanol–water partition coefficient (Wildman–Crippen LogP) is 2.88. The van der Waals surface area contributed by atoms with Crippen molar-refractivity contribution in [3.05, 3.63) is 29.6 Å². The highest BCUT2D eigenvalue weighted by Gasteiger charge is 2.40. The second kappa shape index (κ2) is 5.10. The van der Waals surface area contributed by atoms with Gasteiger partial charge in [-0.05, 0) is 43.5 Å². The summed E-state index contributed by atoms with van der Waals surface area (Å²) in [4.78, 5) is 0. The zero-order valence-corrected chi connectivity index (χ0v) is 11.2. The van der Waals surface area contributed by atoms with Crippen molar-refractivity contribution in [2.45, 2.75) is 37.8 Å². The van der Waals surface area contributed by atoms with E-state index in [9.17, 15) is 4.39 Å². The molecule has 0 bridgehead atoms. The Labute approximate surface area is 113 Å². The Balaban J connectivity index is 1.67. The van der Waals surface area contributed by atoms with Gasteiger partial charge >= 0.3 is 0 Å². The Bertz CT molecular complexity index is 457. The van der Waals surface area contributed by atoms with Crippen LogP contribution in [0.15, 0.2) is 18.2 Å².